The first-order chi connectivity index (χ1) is 15.3. The Balaban J connectivity index is 1.81. The second kappa shape index (κ2) is 8.49. The van der Waals surface area contributed by atoms with Gasteiger partial charge in [-0.3, -0.25) is 19.3 Å². The van der Waals surface area contributed by atoms with E-state index < -0.39 is 11.5 Å². The van der Waals surface area contributed by atoms with Crippen molar-refractivity contribution >= 4 is 33.8 Å². The Bertz CT molecular complexity index is 1400. The Morgan fingerprint density at radius 3 is 2.66 bits per heavy atom. The lowest BCUT2D eigenvalue weighted by Gasteiger charge is -2.04. The molecule has 4 rings (SSSR count). The Morgan fingerprint density at radius 2 is 1.97 bits per heavy atom. The molecule has 0 bridgehead atoms. The standard InChI is InChI=1S/C24H21N3O4S/c1-14-4-5-17(10-15(14)2)22(29)9-8-20-23(25-24-26(20)12-16(3)32-24)18-6-7-19(13-28)21(11-18)27(30)31/h4-12,28H,13H2,1-3H3. The average Bonchev–Trinajstić information content (AvgIpc) is 3.29. The number of hydrogen-bond acceptors (Lipinski definition) is 6. The summed E-state index contributed by atoms with van der Waals surface area (Å²) in [7, 11) is 0. The number of rotatable bonds is 6. The maximum Gasteiger partial charge on any atom is 0.275 e. The topological polar surface area (TPSA) is 97.7 Å². The van der Waals surface area contributed by atoms with Crippen LogP contribution in [0.25, 0.3) is 22.3 Å². The number of hydrogen-bond donors (Lipinski definition) is 1. The fraction of sp³-hybridized carbons (Fsp3) is 0.167. The first-order valence-electron chi connectivity index (χ1n) is 9.95. The third-order valence-corrected chi connectivity index (χ3v) is 6.29. The van der Waals surface area contributed by atoms with Gasteiger partial charge in [0.25, 0.3) is 5.69 Å². The van der Waals surface area contributed by atoms with Gasteiger partial charge in [0.05, 0.1) is 28.5 Å². The van der Waals surface area contributed by atoms with E-state index in [1.54, 1.807) is 18.2 Å². The van der Waals surface area contributed by atoms with Crippen molar-refractivity contribution in [3.05, 3.63) is 91.6 Å². The number of carbonyl (C=O) groups excluding carboxylic acids is 1. The summed E-state index contributed by atoms with van der Waals surface area (Å²) in [6, 6.07) is 10.2. The van der Waals surface area contributed by atoms with E-state index in [9.17, 15) is 20.0 Å². The number of nitrogens with zero attached hydrogens (tertiary/aromatic N) is 3. The maximum atomic E-state index is 12.8. The van der Waals surface area contributed by atoms with Gasteiger partial charge in [-0.2, -0.15) is 0 Å². The number of nitro groups is 1. The highest BCUT2D eigenvalue weighted by Crippen LogP contribution is 2.32. The first kappa shape index (κ1) is 21.6. The van der Waals surface area contributed by atoms with Crippen LogP contribution in [0.15, 0.2) is 48.7 Å². The predicted octanol–water partition coefficient (Wildman–Crippen LogP) is 5.28. The van der Waals surface area contributed by atoms with Gasteiger partial charge in [0.15, 0.2) is 10.7 Å². The van der Waals surface area contributed by atoms with Crippen molar-refractivity contribution in [2.75, 3.05) is 0 Å². The molecule has 2 heterocycles. The molecule has 4 aromatic rings. The van der Waals surface area contributed by atoms with E-state index in [4.69, 9.17) is 0 Å². The van der Waals surface area contributed by atoms with Gasteiger partial charge >= 0.3 is 0 Å². The molecule has 32 heavy (non-hydrogen) atoms. The molecule has 0 unspecified atom stereocenters. The number of aliphatic hydroxyl groups is 1. The van der Waals surface area contributed by atoms with E-state index in [2.05, 4.69) is 4.98 Å². The number of aromatic nitrogens is 2. The minimum atomic E-state index is -0.517. The zero-order chi connectivity index (χ0) is 23.0. The molecule has 0 aliphatic rings. The molecule has 0 amide bonds. The summed E-state index contributed by atoms with van der Waals surface area (Å²) in [5, 5.41) is 20.9. The van der Waals surface area contributed by atoms with E-state index in [0.29, 0.717) is 22.5 Å². The van der Waals surface area contributed by atoms with E-state index in [0.717, 1.165) is 21.0 Å². The molecule has 0 aliphatic carbocycles. The number of fused-ring (bicyclic) bond motifs is 1. The molecule has 162 valence electrons. The fourth-order valence-corrected chi connectivity index (χ4v) is 4.34. The summed E-state index contributed by atoms with van der Waals surface area (Å²) in [6.07, 6.45) is 5.12. The molecular weight excluding hydrogens is 426 g/mol. The number of thiazole rings is 1. The molecule has 8 heteroatoms. The molecule has 2 aromatic heterocycles. The summed E-state index contributed by atoms with van der Waals surface area (Å²) in [5.41, 5.74) is 4.56. The quantitative estimate of drug-likeness (QED) is 0.188. The molecule has 2 aromatic carbocycles. The average molecular weight is 448 g/mol. The van der Waals surface area contributed by atoms with Crippen LogP contribution in [0.2, 0.25) is 0 Å². The largest absolute Gasteiger partial charge is 0.391 e. The van der Waals surface area contributed by atoms with Gasteiger partial charge in [0, 0.05) is 28.3 Å². The van der Waals surface area contributed by atoms with E-state index in [-0.39, 0.29) is 17.0 Å². The molecule has 0 saturated heterocycles. The highest BCUT2D eigenvalue weighted by Gasteiger charge is 2.19. The van der Waals surface area contributed by atoms with Crippen molar-refractivity contribution in [3.8, 4) is 11.3 Å². The van der Waals surface area contributed by atoms with Crippen LogP contribution in [0, 0.1) is 30.9 Å². The SMILES string of the molecule is Cc1cn2c(C=CC(=O)c3ccc(C)c(C)c3)c(-c3ccc(CO)c([N+](=O)[O-])c3)nc2s1. The van der Waals surface area contributed by atoms with Crippen LogP contribution in [0.4, 0.5) is 5.69 Å². The monoisotopic (exact) mass is 447 g/mol. The van der Waals surface area contributed by atoms with Gasteiger partial charge in [-0.05, 0) is 56.2 Å². The molecule has 0 saturated carbocycles. The van der Waals surface area contributed by atoms with Gasteiger partial charge in [0.1, 0.15) is 0 Å². The lowest BCUT2D eigenvalue weighted by atomic mass is 10.0. The number of ketones is 1. The van der Waals surface area contributed by atoms with Gasteiger partial charge in [-0.1, -0.05) is 18.2 Å². The highest BCUT2D eigenvalue weighted by atomic mass is 32.1. The first-order valence-corrected chi connectivity index (χ1v) is 10.8. The van der Waals surface area contributed by atoms with E-state index >= 15 is 0 Å². The number of carbonyl (C=O) groups is 1. The molecule has 0 atom stereocenters. The number of imidazole rings is 1. The lowest BCUT2D eigenvalue weighted by molar-refractivity contribution is -0.385. The Labute approximate surface area is 188 Å². The van der Waals surface area contributed by atoms with Crippen molar-refractivity contribution in [3.63, 3.8) is 0 Å². The van der Waals surface area contributed by atoms with Crippen molar-refractivity contribution in [1.29, 1.82) is 0 Å². The second-order valence-electron chi connectivity index (χ2n) is 7.60. The second-order valence-corrected chi connectivity index (χ2v) is 8.81. The number of nitro benzene ring substituents is 1. The minimum absolute atomic E-state index is 0.137. The number of aliphatic hydroxyl groups excluding tert-OH is 1. The van der Waals surface area contributed by atoms with Crippen molar-refractivity contribution < 1.29 is 14.8 Å². The molecular formula is C24H21N3O4S. The van der Waals surface area contributed by atoms with Crippen LogP contribution < -0.4 is 0 Å². The van der Waals surface area contributed by atoms with Crippen molar-refractivity contribution in [2.24, 2.45) is 0 Å². The normalized spacial score (nSPS) is 11.5. The molecule has 0 fully saturated rings. The van der Waals surface area contributed by atoms with Gasteiger partial charge < -0.3 is 5.11 Å². The van der Waals surface area contributed by atoms with Crippen LogP contribution in [-0.4, -0.2) is 25.2 Å². The summed E-state index contributed by atoms with van der Waals surface area (Å²) < 4.78 is 1.88. The maximum absolute atomic E-state index is 12.8. The van der Waals surface area contributed by atoms with Crippen molar-refractivity contribution in [2.45, 2.75) is 27.4 Å². The molecule has 0 radical (unpaired) electrons. The third kappa shape index (κ3) is 3.98. The fourth-order valence-electron chi connectivity index (χ4n) is 3.50. The van der Waals surface area contributed by atoms with Gasteiger partial charge in [-0.25, -0.2) is 4.98 Å². The lowest BCUT2D eigenvalue weighted by Crippen LogP contribution is -1.97. The molecule has 1 N–H and O–H groups in total. The number of allylic oxidation sites excluding steroid dienone is 1. The summed E-state index contributed by atoms with van der Waals surface area (Å²) in [6.45, 7) is 5.50. The van der Waals surface area contributed by atoms with Crippen LogP contribution in [-0.2, 0) is 6.61 Å². The summed E-state index contributed by atoms with van der Waals surface area (Å²) in [4.78, 5) is 30.2. The van der Waals surface area contributed by atoms with Crippen LogP contribution in [0.5, 0.6) is 0 Å². The van der Waals surface area contributed by atoms with Crippen molar-refractivity contribution in [1.82, 2.24) is 9.38 Å². The Morgan fingerprint density at radius 1 is 1.19 bits per heavy atom. The van der Waals surface area contributed by atoms with Crippen LogP contribution >= 0.6 is 11.3 Å². The Hall–Kier alpha value is -3.62. The number of aryl methyl sites for hydroxylation is 3. The number of benzene rings is 2. The summed E-state index contributed by atoms with van der Waals surface area (Å²) >= 11 is 1.49. The zero-order valence-corrected chi connectivity index (χ0v) is 18.6. The third-order valence-electron chi connectivity index (χ3n) is 5.39. The molecule has 0 spiro atoms. The van der Waals surface area contributed by atoms with E-state index in [1.165, 1.54) is 29.5 Å². The van der Waals surface area contributed by atoms with Crippen LogP contribution in [0.1, 0.15) is 37.6 Å². The molecule has 0 aliphatic heterocycles. The smallest absolute Gasteiger partial charge is 0.275 e. The zero-order valence-electron chi connectivity index (χ0n) is 17.8. The highest BCUT2D eigenvalue weighted by molar-refractivity contribution is 7.17. The summed E-state index contributed by atoms with van der Waals surface area (Å²) in [5.74, 6) is -0.137. The van der Waals surface area contributed by atoms with E-state index in [1.807, 2.05) is 43.5 Å². The minimum Gasteiger partial charge on any atom is -0.391 e. The van der Waals surface area contributed by atoms with Gasteiger partial charge in [-0.15, -0.1) is 11.3 Å². The van der Waals surface area contributed by atoms with Crippen LogP contribution in [0.3, 0.4) is 0 Å². The Kier molecular flexibility index (Phi) is 5.73. The predicted molar refractivity (Wildman–Crippen MR) is 125 cm³/mol. The molecule has 7 nitrogen and oxygen atoms in total. The van der Waals surface area contributed by atoms with Gasteiger partial charge in [0.2, 0.25) is 0 Å².